The Morgan fingerprint density at radius 1 is 1.19 bits per heavy atom. The maximum absolute atomic E-state index is 4.52. The molecule has 0 aliphatic carbocycles. The maximum atomic E-state index is 4.52. The van der Waals surface area contributed by atoms with Crippen LogP contribution in [0.15, 0.2) is 35.3 Å². The Bertz CT molecular complexity index is 831. The van der Waals surface area contributed by atoms with Crippen LogP contribution >= 0.6 is 24.0 Å². The summed E-state index contributed by atoms with van der Waals surface area (Å²) < 4.78 is 2.07. The first-order valence-corrected chi connectivity index (χ1v) is 11.3. The highest BCUT2D eigenvalue weighted by atomic mass is 127. The number of rotatable bonds is 8. The van der Waals surface area contributed by atoms with Crippen molar-refractivity contribution in [2.75, 3.05) is 26.7 Å². The van der Waals surface area contributed by atoms with E-state index in [0.717, 1.165) is 50.2 Å². The highest BCUT2D eigenvalue weighted by Crippen LogP contribution is 2.19. The van der Waals surface area contributed by atoms with Crippen LogP contribution < -0.4 is 10.6 Å². The number of nitrogens with one attached hydrogen (secondary N) is 2. The van der Waals surface area contributed by atoms with Crippen LogP contribution in [-0.4, -0.2) is 47.3 Å². The number of halogens is 1. The second kappa shape index (κ2) is 13.1. The molecule has 2 heterocycles. The van der Waals surface area contributed by atoms with Gasteiger partial charge in [-0.1, -0.05) is 31.2 Å². The molecule has 1 saturated heterocycles. The van der Waals surface area contributed by atoms with Crippen molar-refractivity contribution in [1.82, 2.24) is 25.3 Å². The molecule has 1 atom stereocenters. The van der Waals surface area contributed by atoms with Gasteiger partial charge < -0.3 is 10.6 Å². The van der Waals surface area contributed by atoms with E-state index in [9.17, 15) is 0 Å². The Hall–Kier alpha value is -1.61. The van der Waals surface area contributed by atoms with Gasteiger partial charge in [-0.25, -0.2) is 0 Å². The average molecular weight is 539 g/mol. The van der Waals surface area contributed by atoms with Crippen molar-refractivity contribution in [3.63, 3.8) is 0 Å². The van der Waals surface area contributed by atoms with Crippen molar-refractivity contribution in [3.05, 3.63) is 52.8 Å². The van der Waals surface area contributed by atoms with E-state index >= 15 is 0 Å². The Kier molecular flexibility index (Phi) is 10.8. The van der Waals surface area contributed by atoms with Crippen LogP contribution in [0.25, 0.3) is 0 Å². The first kappa shape index (κ1) is 25.6. The van der Waals surface area contributed by atoms with Crippen molar-refractivity contribution in [2.45, 2.75) is 59.7 Å². The van der Waals surface area contributed by atoms with Gasteiger partial charge in [0.05, 0.1) is 5.69 Å². The van der Waals surface area contributed by atoms with Crippen LogP contribution in [0.3, 0.4) is 0 Å². The number of guanidine groups is 1. The van der Waals surface area contributed by atoms with Gasteiger partial charge in [-0.05, 0) is 62.8 Å². The minimum atomic E-state index is 0. The van der Waals surface area contributed by atoms with E-state index < -0.39 is 0 Å². The van der Waals surface area contributed by atoms with E-state index in [2.05, 4.69) is 74.5 Å². The van der Waals surface area contributed by atoms with Gasteiger partial charge in [-0.3, -0.25) is 14.6 Å². The highest BCUT2D eigenvalue weighted by Gasteiger charge is 2.17. The summed E-state index contributed by atoms with van der Waals surface area (Å²) in [6.45, 7) is 12.5. The summed E-state index contributed by atoms with van der Waals surface area (Å²) in [6.07, 6.45) is 3.68. The van der Waals surface area contributed by atoms with Gasteiger partial charge in [0, 0.05) is 45.5 Å². The molecule has 0 spiro atoms. The van der Waals surface area contributed by atoms with Crippen molar-refractivity contribution in [1.29, 1.82) is 0 Å². The van der Waals surface area contributed by atoms with Crippen LogP contribution in [-0.2, 0) is 19.6 Å². The molecule has 0 amide bonds. The molecule has 3 rings (SSSR count). The van der Waals surface area contributed by atoms with Crippen molar-refractivity contribution in [3.8, 4) is 0 Å². The van der Waals surface area contributed by atoms with E-state index in [1.165, 1.54) is 42.8 Å². The third-order valence-corrected chi connectivity index (χ3v) is 5.87. The Morgan fingerprint density at radius 3 is 2.65 bits per heavy atom. The molecule has 172 valence electrons. The predicted molar refractivity (Wildman–Crippen MR) is 140 cm³/mol. The number of aryl methyl sites for hydroxylation is 3. The van der Waals surface area contributed by atoms with Gasteiger partial charge in [-0.2, -0.15) is 5.10 Å². The lowest BCUT2D eigenvalue weighted by Gasteiger charge is -2.31. The molecule has 0 saturated carbocycles. The predicted octanol–water partition coefficient (Wildman–Crippen LogP) is 4.11. The number of hydrogen-bond acceptors (Lipinski definition) is 3. The number of aliphatic imine (C=N–C) groups is 1. The molecule has 1 aliphatic rings. The van der Waals surface area contributed by atoms with Gasteiger partial charge >= 0.3 is 0 Å². The normalized spacial score (nSPS) is 17.3. The molecule has 1 unspecified atom stereocenters. The topological polar surface area (TPSA) is 57.5 Å². The third-order valence-electron chi connectivity index (χ3n) is 5.87. The largest absolute Gasteiger partial charge is 0.356 e. The molecular weight excluding hydrogens is 499 g/mol. The third kappa shape index (κ3) is 8.11. The fourth-order valence-corrected chi connectivity index (χ4v) is 4.29. The number of benzene rings is 1. The first-order chi connectivity index (χ1) is 14.5. The number of piperidine rings is 1. The summed E-state index contributed by atoms with van der Waals surface area (Å²) >= 11 is 0. The molecule has 1 fully saturated rings. The summed E-state index contributed by atoms with van der Waals surface area (Å²) in [5.41, 5.74) is 5.06. The van der Waals surface area contributed by atoms with E-state index in [-0.39, 0.29) is 24.0 Å². The van der Waals surface area contributed by atoms with Gasteiger partial charge in [-0.15, -0.1) is 24.0 Å². The molecular formula is C24H39IN6. The monoisotopic (exact) mass is 538 g/mol. The van der Waals surface area contributed by atoms with Gasteiger partial charge in [0.15, 0.2) is 5.96 Å². The molecule has 1 aliphatic heterocycles. The molecule has 2 N–H and O–H groups in total. The summed E-state index contributed by atoms with van der Waals surface area (Å²) in [6, 6.07) is 10.9. The lowest BCUT2D eigenvalue weighted by molar-refractivity contribution is 0.176. The fraction of sp³-hybridized carbons (Fsp3) is 0.583. The number of aromatic nitrogens is 2. The molecule has 0 radical (unpaired) electrons. The summed E-state index contributed by atoms with van der Waals surface area (Å²) in [5, 5.41) is 11.4. The number of nitrogens with zero attached hydrogens (tertiary/aromatic N) is 4. The molecule has 7 heteroatoms. The minimum absolute atomic E-state index is 0. The summed E-state index contributed by atoms with van der Waals surface area (Å²) in [4.78, 5) is 6.98. The molecule has 2 aromatic rings. The molecule has 1 aromatic heterocycles. The Labute approximate surface area is 204 Å². The van der Waals surface area contributed by atoms with Gasteiger partial charge in [0.1, 0.15) is 0 Å². The number of likely N-dealkylation sites (tertiary alicyclic amines) is 1. The second-order valence-electron chi connectivity index (χ2n) is 8.61. The highest BCUT2D eigenvalue weighted by molar-refractivity contribution is 14.0. The summed E-state index contributed by atoms with van der Waals surface area (Å²) in [5.74, 6) is 1.66. The first-order valence-electron chi connectivity index (χ1n) is 11.3. The Morgan fingerprint density at radius 2 is 1.97 bits per heavy atom. The van der Waals surface area contributed by atoms with E-state index in [4.69, 9.17) is 0 Å². The van der Waals surface area contributed by atoms with Crippen LogP contribution in [0.2, 0.25) is 0 Å². The van der Waals surface area contributed by atoms with Crippen molar-refractivity contribution < 1.29 is 0 Å². The SMILES string of the molecule is CN=C(NCCCn1nc(C)cc1C)NCc1ccccc1CN1CCCC(C)C1.I. The smallest absolute Gasteiger partial charge is 0.191 e. The van der Waals surface area contributed by atoms with E-state index in [1.54, 1.807) is 0 Å². The lowest BCUT2D eigenvalue weighted by Crippen LogP contribution is -2.38. The van der Waals surface area contributed by atoms with Gasteiger partial charge in [0.2, 0.25) is 0 Å². The van der Waals surface area contributed by atoms with Gasteiger partial charge in [0.25, 0.3) is 0 Å². The molecule has 0 bridgehead atoms. The molecule has 31 heavy (non-hydrogen) atoms. The van der Waals surface area contributed by atoms with Crippen LogP contribution in [0.4, 0.5) is 0 Å². The van der Waals surface area contributed by atoms with E-state index in [1.807, 2.05) is 14.0 Å². The summed E-state index contributed by atoms with van der Waals surface area (Å²) in [7, 11) is 1.83. The van der Waals surface area contributed by atoms with Crippen LogP contribution in [0, 0.1) is 19.8 Å². The van der Waals surface area contributed by atoms with Crippen molar-refractivity contribution in [2.24, 2.45) is 10.9 Å². The zero-order valence-electron chi connectivity index (χ0n) is 19.5. The zero-order valence-corrected chi connectivity index (χ0v) is 21.9. The maximum Gasteiger partial charge on any atom is 0.191 e. The average Bonchev–Trinajstić information content (AvgIpc) is 3.05. The fourth-order valence-electron chi connectivity index (χ4n) is 4.29. The van der Waals surface area contributed by atoms with E-state index in [0.29, 0.717) is 0 Å². The van der Waals surface area contributed by atoms with Crippen LogP contribution in [0.1, 0.15) is 48.7 Å². The second-order valence-corrected chi connectivity index (χ2v) is 8.61. The zero-order chi connectivity index (χ0) is 21.3. The number of hydrogen-bond donors (Lipinski definition) is 2. The quantitative estimate of drug-likeness (QED) is 0.230. The van der Waals surface area contributed by atoms with Crippen LogP contribution in [0.5, 0.6) is 0 Å². The standard InChI is InChI=1S/C24H38N6.HI/c1-19-9-7-13-29(17-19)18-23-11-6-5-10-22(23)16-27-24(25-4)26-12-8-14-30-21(3)15-20(2)28-30;/h5-6,10-11,15,19H,7-9,12-14,16-18H2,1-4H3,(H2,25,26,27);1H. The molecule has 1 aromatic carbocycles. The Balaban J connectivity index is 0.00000341. The van der Waals surface area contributed by atoms with Crippen molar-refractivity contribution >= 4 is 29.9 Å². The lowest BCUT2D eigenvalue weighted by atomic mass is 9.99. The minimum Gasteiger partial charge on any atom is -0.356 e. The molecule has 6 nitrogen and oxygen atoms in total.